The van der Waals surface area contributed by atoms with Gasteiger partial charge in [-0.15, -0.1) is 21.5 Å². The zero-order chi connectivity index (χ0) is 12.8. The first kappa shape index (κ1) is 13.3. The van der Waals surface area contributed by atoms with Gasteiger partial charge in [-0.2, -0.15) is 0 Å². The fourth-order valence-electron chi connectivity index (χ4n) is 2.21. The number of aliphatic imine (C=N–C) groups is 1. The Labute approximate surface area is 112 Å². The minimum absolute atomic E-state index is 0.520. The van der Waals surface area contributed by atoms with Crippen molar-refractivity contribution in [3.63, 3.8) is 0 Å². The summed E-state index contributed by atoms with van der Waals surface area (Å²) in [5.74, 6) is 0.572. The van der Waals surface area contributed by atoms with Crippen LogP contribution in [0.2, 0.25) is 0 Å². The second-order valence-electron chi connectivity index (χ2n) is 4.71. The molecule has 6 heteroatoms. The largest absolute Gasteiger partial charge is 0.370 e. The van der Waals surface area contributed by atoms with E-state index in [4.69, 9.17) is 5.73 Å². The molecule has 18 heavy (non-hydrogen) atoms. The molecule has 1 aliphatic carbocycles. The van der Waals surface area contributed by atoms with E-state index in [0.29, 0.717) is 18.5 Å². The Bertz CT molecular complexity index is 395. The second-order valence-corrected chi connectivity index (χ2v) is 5.98. The van der Waals surface area contributed by atoms with Crippen LogP contribution in [0.15, 0.2) is 4.99 Å². The SMILES string of the molecule is Cc1nnc(CCN=C(N)NC2CCCCC2)s1. The Morgan fingerprint density at radius 1 is 1.39 bits per heavy atom. The van der Waals surface area contributed by atoms with E-state index in [1.165, 1.54) is 32.1 Å². The Morgan fingerprint density at radius 2 is 2.17 bits per heavy atom. The van der Waals surface area contributed by atoms with Gasteiger partial charge in [0.15, 0.2) is 5.96 Å². The van der Waals surface area contributed by atoms with Crippen LogP contribution in [0.1, 0.15) is 42.1 Å². The van der Waals surface area contributed by atoms with E-state index in [1.54, 1.807) is 11.3 Å². The second kappa shape index (κ2) is 6.68. The molecule has 0 saturated heterocycles. The van der Waals surface area contributed by atoms with Crippen molar-refractivity contribution in [3.05, 3.63) is 10.0 Å². The van der Waals surface area contributed by atoms with E-state index in [-0.39, 0.29) is 0 Å². The summed E-state index contributed by atoms with van der Waals surface area (Å²) < 4.78 is 0. The highest BCUT2D eigenvalue weighted by Gasteiger charge is 2.13. The number of hydrogen-bond acceptors (Lipinski definition) is 4. The standard InChI is InChI=1S/C12H21N5S/c1-9-16-17-11(18-9)7-8-14-12(13)15-10-5-3-2-4-6-10/h10H,2-8H2,1H3,(H3,13,14,15). The molecule has 3 N–H and O–H groups in total. The van der Waals surface area contributed by atoms with Crippen LogP contribution < -0.4 is 11.1 Å². The number of nitrogens with two attached hydrogens (primary N) is 1. The number of guanidine groups is 1. The number of aromatic nitrogens is 2. The Morgan fingerprint density at radius 3 is 2.83 bits per heavy atom. The summed E-state index contributed by atoms with van der Waals surface area (Å²) in [6.45, 7) is 2.64. The third kappa shape index (κ3) is 4.25. The van der Waals surface area contributed by atoms with Crippen molar-refractivity contribution < 1.29 is 0 Å². The van der Waals surface area contributed by atoms with Crippen molar-refractivity contribution in [2.24, 2.45) is 10.7 Å². The predicted molar refractivity (Wildman–Crippen MR) is 74.8 cm³/mol. The number of hydrogen-bond donors (Lipinski definition) is 2. The lowest BCUT2D eigenvalue weighted by Crippen LogP contribution is -2.41. The minimum Gasteiger partial charge on any atom is -0.370 e. The van der Waals surface area contributed by atoms with Crippen molar-refractivity contribution >= 4 is 17.3 Å². The Kier molecular flexibility index (Phi) is 4.92. The molecule has 1 aromatic heterocycles. The zero-order valence-corrected chi connectivity index (χ0v) is 11.7. The van der Waals surface area contributed by atoms with Crippen molar-refractivity contribution in [2.75, 3.05) is 6.54 Å². The molecule has 1 saturated carbocycles. The third-order valence-electron chi connectivity index (χ3n) is 3.13. The Balaban J connectivity index is 1.71. The molecule has 0 atom stereocenters. The first-order chi connectivity index (χ1) is 8.74. The van der Waals surface area contributed by atoms with E-state index in [2.05, 4.69) is 20.5 Å². The van der Waals surface area contributed by atoms with Gasteiger partial charge in [0.1, 0.15) is 10.0 Å². The number of nitrogens with one attached hydrogen (secondary N) is 1. The highest BCUT2D eigenvalue weighted by molar-refractivity contribution is 7.11. The van der Waals surface area contributed by atoms with E-state index in [0.717, 1.165) is 16.4 Å². The molecule has 1 aromatic rings. The fourth-order valence-corrected chi connectivity index (χ4v) is 2.91. The highest BCUT2D eigenvalue weighted by Crippen LogP contribution is 2.17. The summed E-state index contributed by atoms with van der Waals surface area (Å²) in [5.41, 5.74) is 5.88. The van der Waals surface area contributed by atoms with Crippen molar-refractivity contribution in [3.8, 4) is 0 Å². The van der Waals surface area contributed by atoms with Gasteiger partial charge >= 0.3 is 0 Å². The number of rotatable bonds is 4. The molecule has 1 fully saturated rings. The highest BCUT2D eigenvalue weighted by atomic mass is 32.1. The molecular formula is C12H21N5S. The molecule has 0 unspecified atom stereocenters. The summed E-state index contributed by atoms with van der Waals surface area (Å²) >= 11 is 1.62. The lowest BCUT2D eigenvalue weighted by Gasteiger charge is -2.23. The maximum absolute atomic E-state index is 5.88. The van der Waals surface area contributed by atoms with Gasteiger partial charge in [0.25, 0.3) is 0 Å². The third-order valence-corrected chi connectivity index (χ3v) is 4.03. The summed E-state index contributed by atoms with van der Waals surface area (Å²) in [6, 6.07) is 0.520. The average molecular weight is 267 g/mol. The van der Waals surface area contributed by atoms with Gasteiger partial charge < -0.3 is 11.1 Å². The van der Waals surface area contributed by atoms with Crippen LogP contribution in [-0.4, -0.2) is 28.7 Å². The van der Waals surface area contributed by atoms with Gasteiger partial charge in [-0.05, 0) is 19.8 Å². The van der Waals surface area contributed by atoms with Crippen molar-refractivity contribution in [1.82, 2.24) is 15.5 Å². The summed E-state index contributed by atoms with van der Waals surface area (Å²) in [6.07, 6.45) is 7.20. The molecule has 1 aliphatic rings. The number of nitrogens with zero attached hydrogens (tertiary/aromatic N) is 3. The van der Waals surface area contributed by atoms with Crippen LogP contribution in [-0.2, 0) is 6.42 Å². The Hall–Kier alpha value is -1.17. The van der Waals surface area contributed by atoms with Gasteiger partial charge in [0.05, 0.1) is 0 Å². The molecule has 0 amide bonds. The van der Waals surface area contributed by atoms with Crippen LogP contribution in [0, 0.1) is 6.92 Å². The average Bonchev–Trinajstić information content (AvgIpc) is 2.76. The molecule has 0 spiro atoms. The van der Waals surface area contributed by atoms with Gasteiger partial charge in [-0.3, -0.25) is 4.99 Å². The lowest BCUT2D eigenvalue weighted by atomic mass is 9.96. The van der Waals surface area contributed by atoms with Gasteiger partial charge in [-0.1, -0.05) is 19.3 Å². The van der Waals surface area contributed by atoms with Crippen LogP contribution in [0.25, 0.3) is 0 Å². The zero-order valence-electron chi connectivity index (χ0n) is 10.9. The molecular weight excluding hydrogens is 246 g/mol. The summed E-state index contributed by atoms with van der Waals surface area (Å²) in [5, 5.41) is 13.4. The van der Waals surface area contributed by atoms with Crippen LogP contribution >= 0.6 is 11.3 Å². The van der Waals surface area contributed by atoms with Crippen LogP contribution in [0.4, 0.5) is 0 Å². The molecule has 5 nitrogen and oxygen atoms in total. The van der Waals surface area contributed by atoms with E-state index >= 15 is 0 Å². The van der Waals surface area contributed by atoms with Crippen LogP contribution in [0.5, 0.6) is 0 Å². The number of aryl methyl sites for hydroxylation is 1. The monoisotopic (exact) mass is 267 g/mol. The summed E-state index contributed by atoms with van der Waals surface area (Å²) in [7, 11) is 0. The van der Waals surface area contributed by atoms with Crippen molar-refractivity contribution in [1.29, 1.82) is 0 Å². The van der Waals surface area contributed by atoms with Crippen molar-refractivity contribution in [2.45, 2.75) is 51.5 Å². The molecule has 0 aromatic carbocycles. The topological polar surface area (TPSA) is 76.2 Å². The molecule has 0 radical (unpaired) electrons. The predicted octanol–water partition coefficient (Wildman–Crippen LogP) is 1.63. The smallest absolute Gasteiger partial charge is 0.188 e. The quantitative estimate of drug-likeness (QED) is 0.642. The minimum atomic E-state index is 0.520. The molecule has 2 rings (SSSR count). The molecule has 100 valence electrons. The lowest BCUT2D eigenvalue weighted by molar-refractivity contribution is 0.412. The molecule has 1 heterocycles. The van der Waals surface area contributed by atoms with Gasteiger partial charge in [0.2, 0.25) is 0 Å². The first-order valence-electron chi connectivity index (χ1n) is 6.59. The maximum Gasteiger partial charge on any atom is 0.188 e. The van der Waals surface area contributed by atoms with Gasteiger partial charge in [-0.25, -0.2) is 0 Å². The molecule has 0 aliphatic heterocycles. The molecule has 0 bridgehead atoms. The van der Waals surface area contributed by atoms with E-state index in [1.807, 2.05) is 6.92 Å². The van der Waals surface area contributed by atoms with E-state index < -0.39 is 0 Å². The normalized spacial score (nSPS) is 17.9. The summed E-state index contributed by atoms with van der Waals surface area (Å²) in [4.78, 5) is 4.35. The van der Waals surface area contributed by atoms with Gasteiger partial charge in [0, 0.05) is 19.0 Å². The fraction of sp³-hybridized carbons (Fsp3) is 0.750. The van der Waals surface area contributed by atoms with E-state index in [9.17, 15) is 0 Å². The maximum atomic E-state index is 5.88. The first-order valence-corrected chi connectivity index (χ1v) is 7.41. The van der Waals surface area contributed by atoms with Crippen LogP contribution in [0.3, 0.4) is 0 Å².